The molecule has 41 heavy (non-hydrogen) atoms. The molecule has 0 aliphatic heterocycles. The van der Waals surface area contributed by atoms with E-state index in [1.165, 1.54) is 75.1 Å². The summed E-state index contributed by atoms with van der Waals surface area (Å²) in [4.78, 5) is 0. The molecule has 2 aromatic heterocycles. The van der Waals surface area contributed by atoms with E-state index < -0.39 is 0 Å². The molecule has 0 fully saturated rings. The molecular weight excluding hydrogens is 515 g/mol. The molecule has 8 rings (SSSR count). The number of aromatic nitrogens is 1. The van der Waals surface area contributed by atoms with Crippen LogP contribution in [-0.4, -0.2) is 4.57 Å². The Hall–Kier alpha value is -4.92. The minimum absolute atomic E-state index is 1.18. The predicted octanol–water partition coefficient (Wildman–Crippen LogP) is 11.6. The third-order valence-corrected chi connectivity index (χ3v) is 9.29. The van der Waals surface area contributed by atoms with Gasteiger partial charge in [-0.25, -0.2) is 0 Å². The molecule has 2 heteroatoms. The Kier molecular flexibility index (Phi) is 5.61. The lowest BCUT2D eigenvalue weighted by Crippen LogP contribution is -1.93. The van der Waals surface area contributed by atoms with Gasteiger partial charge in [0.05, 0.1) is 11.0 Å². The second-order valence-electron chi connectivity index (χ2n) is 10.5. The summed E-state index contributed by atoms with van der Waals surface area (Å²) in [6.07, 6.45) is 8.52. The van der Waals surface area contributed by atoms with Gasteiger partial charge < -0.3 is 4.57 Å². The van der Waals surface area contributed by atoms with E-state index in [1.807, 2.05) is 11.3 Å². The fourth-order valence-corrected chi connectivity index (χ4v) is 7.62. The second kappa shape index (κ2) is 9.62. The van der Waals surface area contributed by atoms with Crippen molar-refractivity contribution in [3.63, 3.8) is 0 Å². The van der Waals surface area contributed by atoms with Crippen molar-refractivity contribution in [2.75, 3.05) is 0 Å². The van der Waals surface area contributed by atoms with Crippen LogP contribution in [0.1, 0.15) is 12.5 Å². The van der Waals surface area contributed by atoms with Crippen molar-refractivity contribution >= 4 is 70.2 Å². The van der Waals surface area contributed by atoms with E-state index in [2.05, 4.69) is 157 Å². The molecule has 0 atom stereocenters. The largest absolute Gasteiger partial charge is 0.309 e. The zero-order valence-corrected chi connectivity index (χ0v) is 23.5. The van der Waals surface area contributed by atoms with Crippen molar-refractivity contribution in [2.45, 2.75) is 6.92 Å². The molecular formula is C39H27NS. The smallest absolute Gasteiger partial charge is 0.0555 e. The van der Waals surface area contributed by atoms with Crippen LogP contribution in [0.3, 0.4) is 0 Å². The van der Waals surface area contributed by atoms with E-state index in [0.717, 1.165) is 0 Å². The van der Waals surface area contributed by atoms with Crippen LogP contribution in [0.25, 0.3) is 75.6 Å². The van der Waals surface area contributed by atoms with E-state index in [1.54, 1.807) is 0 Å². The highest BCUT2D eigenvalue weighted by molar-refractivity contribution is 7.27. The molecule has 0 saturated heterocycles. The monoisotopic (exact) mass is 541 g/mol. The first-order valence-electron chi connectivity index (χ1n) is 14.1. The van der Waals surface area contributed by atoms with E-state index >= 15 is 0 Å². The van der Waals surface area contributed by atoms with Crippen LogP contribution >= 0.6 is 11.3 Å². The van der Waals surface area contributed by atoms with Gasteiger partial charge in [-0.15, -0.1) is 11.3 Å². The Morgan fingerprint density at radius 1 is 0.561 bits per heavy atom. The average molecular weight is 542 g/mol. The highest BCUT2D eigenvalue weighted by atomic mass is 32.1. The first-order valence-corrected chi connectivity index (χ1v) is 14.9. The highest BCUT2D eigenvalue weighted by Crippen LogP contribution is 2.46. The fraction of sp³-hybridized carbons (Fsp3) is 0.0256. The topological polar surface area (TPSA) is 4.93 Å². The highest BCUT2D eigenvalue weighted by Gasteiger charge is 2.19. The molecule has 0 spiro atoms. The van der Waals surface area contributed by atoms with Crippen LogP contribution in [0.5, 0.6) is 0 Å². The number of hydrogen-bond acceptors (Lipinski definition) is 1. The molecule has 194 valence electrons. The third kappa shape index (κ3) is 3.76. The molecule has 1 nitrogen and oxygen atoms in total. The van der Waals surface area contributed by atoms with Gasteiger partial charge in [0.2, 0.25) is 0 Å². The zero-order chi connectivity index (χ0) is 27.3. The predicted molar refractivity (Wildman–Crippen MR) is 180 cm³/mol. The molecule has 8 aromatic rings. The molecule has 0 aliphatic rings. The zero-order valence-electron chi connectivity index (χ0n) is 22.7. The van der Waals surface area contributed by atoms with Crippen molar-refractivity contribution in [1.29, 1.82) is 0 Å². The number of rotatable bonds is 4. The summed E-state index contributed by atoms with van der Waals surface area (Å²) in [7, 11) is 0. The summed E-state index contributed by atoms with van der Waals surface area (Å²) in [6.45, 7) is 2.05. The molecule has 0 amide bonds. The number of allylic oxidation sites excluding steroid dienone is 3. The first kappa shape index (κ1) is 23.9. The number of benzene rings is 6. The van der Waals surface area contributed by atoms with Crippen LogP contribution in [0.4, 0.5) is 0 Å². The average Bonchev–Trinajstić information content (AvgIpc) is 3.57. The van der Waals surface area contributed by atoms with Crippen LogP contribution < -0.4 is 0 Å². The molecule has 0 unspecified atom stereocenters. The second-order valence-corrected chi connectivity index (χ2v) is 11.5. The van der Waals surface area contributed by atoms with Gasteiger partial charge in [0.15, 0.2) is 0 Å². The summed E-state index contributed by atoms with van der Waals surface area (Å²) in [6, 6.07) is 44.3. The lowest BCUT2D eigenvalue weighted by atomic mass is 9.98. The van der Waals surface area contributed by atoms with Crippen LogP contribution in [0.15, 0.2) is 140 Å². The van der Waals surface area contributed by atoms with Gasteiger partial charge in [-0.3, -0.25) is 0 Å². The summed E-state index contributed by atoms with van der Waals surface area (Å²) >= 11 is 1.92. The molecule has 6 aromatic carbocycles. The number of nitrogens with zero attached hydrogens (tertiary/aromatic N) is 1. The lowest BCUT2D eigenvalue weighted by Gasteiger charge is -2.09. The minimum Gasteiger partial charge on any atom is -0.309 e. The maximum Gasteiger partial charge on any atom is 0.0555 e. The number of thiophene rings is 1. The Morgan fingerprint density at radius 2 is 1.27 bits per heavy atom. The van der Waals surface area contributed by atoms with Gasteiger partial charge >= 0.3 is 0 Å². The van der Waals surface area contributed by atoms with Gasteiger partial charge in [0, 0.05) is 36.6 Å². The summed E-state index contributed by atoms with van der Waals surface area (Å²) in [5.41, 5.74) is 7.39. The maximum absolute atomic E-state index is 2.42. The van der Waals surface area contributed by atoms with Gasteiger partial charge in [-0.2, -0.15) is 0 Å². The number of hydrogen-bond donors (Lipinski definition) is 0. The molecule has 2 heterocycles. The Labute approximate surface area is 242 Å². The molecule has 0 aliphatic carbocycles. The number of fused-ring (bicyclic) bond motifs is 9. The Bertz CT molecular complexity index is 2290. The van der Waals surface area contributed by atoms with Crippen LogP contribution in [0, 0.1) is 0 Å². The van der Waals surface area contributed by atoms with E-state index in [-0.39, 0.29) is 0 Å². The van der Waals surface area contributed by atoms with Crippen molar-refractivity contribution in [3.05, 3.63) is 145 Å². The van der Waals surface area contributed by atoms with Gasteiger partial charge in [0.25, 0.3) is 0 Å². The quantitative estimate of drug-likeness (QED) is 0.195. The summed E-state index contributed by atoms with van der Waals surface area (Å²) in [5, 5.41) is 7.93. The van der Waals surface area contributed by atoms with E-state index in [0.29, 0.717) is 0 Å². The lowest BCUT2D eigenvalue weighted by molar-refractivity contribution is 1.18. The van der Waals surface area contributed by atoms with Crippen molar-refractivity contribution < 1.29 is 0 Å². The van der Waals surface area contributed by atoms with Crippen molar-refractivity contribution in [1.82, 2.24) is 4.57 Å². The SMILES string of the molecule is C/C=C\C=C/c1cc2sc3c(ccc4c3c3ccccc3n4-c3ccc(-c4ccccc4)cc3)c2c2ccccc12. The minimum atomic E-state index is 1.18. The van der Waals surface area contributed by atoms with Gasteiger partial charge in [0.1, 0.15) is 0 Å². The normalized spacial score (nSPS) is 12.3. The molecule has 0 N–H and O–H groups in total. The Morgan fingerprint density at radius 3 is 2.07 bits per heavy atom. The van der Waals surface area contributed by atoms with Crippen molar-refractivity contribution in [3.8, 4) is 16.8 Å². The molecule has 0 radical (unpaired) electrons. The van der Waals surface area contributed by atoms with Crippen molar-refractivity contribution in [2.24, 2.45) is 0 Å². The van der Waals surface area contributed by atoms with Crippen LogP contribution in [-0.2, 0) is 0 Å². The summed E-state index contributed by atoms with van der Waals surface area (Å²) < 4.78 is 5.11. The summed E-state index contributed by atoms with van der Waals surface area (Å²) in [5.74, 6) is 0. The molecule has 0 bridgehead atoms. The van der Waals surface area contributed by atoms with Crippen LogP contribution in [0.2, 0.25) is 0 Å². The number of para-hydroxylation sites is 1. The Balaban J connectivity index is 1.41. The third-order valence-electron chi connectivity index (χ3n) is 8.12. The first-order chi connectivity index (χ1) is 20.3. The van der Waals surface area contributed by atoms with Gasteiger partial charge in [-0.05, 0) is 64.7 Å². The fourth-order valence-electron chi connectivity index (χ4n) is 6.30. The standard InChI is InChI=1S/C39H27NS/c1-2-3-5-14-28-25-36-37(31-16-9-8-15-30(28)31)33-23-24-35-38(39(33)41-36)32-17-10-11-18-34(32)40(35)29-21-19-27(20-22-29)26-12-6-4-7-13-26/h2-25H,1H3/b3-2-,14-5-. The van der Waals surface area contributed by atoms with E-state index in [4.69, 9.17) is 0 Å². The van der Waals surface area contributed by atoms with Gasteiger partial charge in [-0.1, -0.05) is 115 Å². The molecule has 0 saturated carbocycles. The maximum atomic E-state index is 2.42. The van der Waals surface area contributed by atoms with E-state index in [9.17, 15) is 0 Å².